The molecule has 4 amide bonds. The van der Waals surface area contributed by atoms with Gasteiger partial charge in [0.15, 0.2) is 0 Å². The topological polar surface area (TPSA) is 195 Å². The van der Waals surface area contributed by atoms with E-state index < -0.39 is 72.6 Å². The van der Waals surface area contributed by atoms with E-state index in [9.17, 15) is 33.6 Å². The number of amides is 4. The largest absolute Gasteiger partial charge is 0.469 e. The van der Waals surface area contributed by atoms with Crippen LogP contribution in [0.25, 0.3) is 0 Å². The summed E-state index contributed by atoms with van der Waals surface area (Å²) in [4.78, 5) is 85.1. The molecule has 0 spiro atoms. The van der Waals surface area contributed by atoms with Crippen molar-refractivity contribution in [3.8, 4) is 0 Å². The molecule has 14 nitrogen and oxygen atoms in total. The van der Waals surface area contributed by atoms with Crippen molar-refractivity contribution in [3.63, 3.8) is 0 Å². The molecule has 0 rings (SSSR count). The van der Waals surface area contributed by atoms with Crippen molar-refractivity contribution < 1.29 is 47.8 Å². The zero-order valence-electron chi connectivity index (χ0n) is 22.4. The molecule has 0 aromatic heterocycles. The summed E-state index contributed by atoms with van der Waals surface area (Å²) in [6, 6.07) is -3.71. The van der Waals surface area contributed by atoms with Crippen LogP contribution in [0.2, 0.25) is 0 Å². The first-order valence-corrected chi connectivity index (χ1v) is 11.9. The van der Waals surface area contributed by atoms with Crippen molar-refractivity contribution in [2.24, 2.45) is 5.92 Å². The maximum atomic E-state index is 12.8. The molecule has 0 fully saturated rings. The molecule has 3 atom stereocenters. The Morgan fingerprint density at radius 1 is 0.868 bits per heavy atom. The van der Waals surface area contributed by atoms with Crippen LogP contribution in [0.5, 0.6) is 0 Å². The Labute approximate surface area is 221 Å². The predicted molar refractivity (Wildman–Crippen MR) is 133 cm³/mol. The number of esters is 2. The van der Waals surface area contributed by atoms with Gasteiger partial charge in [0.25, 0.3) is 0 Å². The molecule has 0 bridgehead atoms. The maximum absolute atomic E-state index is 12.8. The number of Topliss-reactive ketones (excluding diaryl/α,β-unsaturated/α-hetero) is 1. The Morgan fingerprint density at radius 2 is 1.50 bits per heavy atom. The van der Waals surface area contributed by atoms with Gasteiger partial charge >= 0.3 is 11.9 Å². The van der Waals surface area contributed by atoms with E-state index in [4.69, 9.17) is 9.47 Å². The summed E-state index contributed by atoms with van der Waals surface area (Å²) < 4.78 is 14.5. The smallest absolute Gasteiger partial charge is 0.328 e. The second-order valence-electron chi connectivity index (χ2n) is 8.51. The van der Waals surface area contributed by atoms with Gasteiger partial charge in [-0.05, 0) is 13.3 Å². The molecule has 0 heterocycles. The number of ketones is 1. The van der Waals surface area contributed by atoms with Gasteiger partial charge in [-0.1, -0.05) is 26.5 Å². The predicted octanol–water partition coefficient (Wildman–Crippen LogP) is -1.48. The van der Waals surface area contributed by atoms with Crippen LogP contribution in [0.1, 0.15) is 40.0 Å². The summed E-state index contributed by atoms with van der Waals surface area (Å²) in [5.74, 6) is -5.08. The molecule has 0 aromatic carbocycles. The molecule has 0 aliphatic heterocycles. The Hall–Kier alpha value is -3.81. The molecule has 3 unspecified atom stereocenters. The molecule has 38 heavy (non-hydrogen) atoms. The van der Waals surface area contributed by atoms with Crippen molar-refractivity contribution in [2.75, 3.05) is 34.0 Å². The monoisotopic (exact) mass is 542 g/mol. The molecule has 214 valence electrons. The summed E-state index contributed by atoms with van der Waals surface area (Å²) in [5, 5.41) is 9.50. The highest BCUT2D eigenvalue weighted by Gasteiger charge is 2.29. The number of carbonyl (C=O) groups excluding carboxylic acids is 7. The van der Waals surface area contributed by atoms with Crippen LogP contribution >= 0.6 is 0 Å². The van der Waals surface area contributed by atoms with E-state index in [1.165, 1.54) is 20.1 Å². The first kappa shape index (κ1) is 34.2. The Morgan fingerprint density at radius 3 is 2.03 bits per heavy atom. The second kappa shape index (κ2) is 18.4. The van der Waals surface area contributed by atoms with E-state index in [1.54, 1.807) is 13.8 Å². The third-order valence-electron chi connectivity index (χ3n) is 4.89. The van der Waals surface area contributed by atoms with E-state index in [2.05, 4.69) is 32.6 Å². The molecule has 0 aromatic rings. The van der Waals surface area contributed by atoms with Gasteiger partial charge in [0.05, 0.1) is 26.7 Å². The van der Waals surface area contributed by atoms with E-state index in [1.807, 2.05) is 0 Å². The minimum Gasteiger partial charge on any atom is -0.469 e. The number of methoxy groups -OCH3 is 2. The van der Waals surface area contributed by atoms with Crippen LogP contribution in [0, 0.1) is 5.92 Å². The fourth-order valence-corrected chi connectivity index (χ4v) is 2.79. The van der Waals surface area contributed by atoms with Crippen LogP contribution in [0.3, 0.4) is 0 Å². The zero-order valence-corrected chi connectivity index (χ0v) is 22.4. The third kappa shape index (κ3) is 14.1. The van der Waals surface area contributed by atoms with Gasteiger partial charge in [-0.25, -0.2) is 4.79 Å². The lowest BCUT2D eigenvalue weighted by Crippen LogP contribution is -2.56. The van der Waals surface area contributed by atoms with Gasteiger partial charge in [-0.15, -0.1) is 0 Å². The molecule has 0 radical (unpaired) electrons. The number of hydrogen-bond donors (Lipinski definition) is 4. The van der Waals surface area contributed by atoms with E-state index in [0.29, 0.717) is 0 Å². The molecule has 0 aliphatic carbocycles. The van der Waals surface area contributed by atoms with Crippen molar-refractivity contribution in [3.05, 3.63) is 12.7 Å². The minimum absolute atomic E-state index is 0.00155. The average Bonchev–Trinajstić information content (AvgIpc) is 2.86. The Balaban J connectivity index is 5.26. The van der Waals surface area contributed by atoms with Crippen LogP contribution in [-0.2, 0) is 47.8 Å². The van der Waals surface area contributed by atoms with Gasteiger partial charge in [0, 0.05) is 19.4 Å². The maximum Gasteiger partial charge on any atom is 0.328 e. The Kier molecular flexibility index (Phi) is 16.6. The van der Waals surface area contributed by atoms with E-state index in [0.717, 1.165) is 7.11 Å². The number of hydrogen-bond acceptors (Lipinski definition) is 10. The van der Waals surface area contributed by atoms with Crippen LogP contribution in [0.4, 0.5) is 0 Å². The summed E-state index contributed by atoms with van der Waals surface area (Å²) in [6.07, 6.45) is 0.862. The van der Waals surface area contributed by atoms with Crippen molar-refractivity contribution >= 4 is 41.4 Å². The van der Waals surface area contributed by atoms with Gasteiger partial charge in [-0.3, -0.25) is 24.0 Å². The van der Waals surface area contributed by atoms with Crippen LogP contribution in [-0.4, -0.2) is 93.5 Å². The molecule has 0 saturated heterocycles. The molecule has 0 aliphatic rings. The van der Waals surface area contributed by atoms with E-state index in [-0.39, 0.29) is 31.8 Å². The molecule has 4 N–H and O–H groups in total. The van der Waals surface area contributed by atoms with Gasteiger partial charge in [0.1, 0.15) is 30.5 Å². The normalized spacial score (nSPS) is 12.8. The van der Waals surface area contributed by atoms with Crippen molar-refractivity contribution in [1.29, 1.82) is 0 Å². The number of rotatable bonds is 18. The minimum atomic E-state index is -1.29. The second-order valence-corrected chi connectivity index (χ2v) is 8.51. The summed E-state index contributed by atoms with van der Waals surface area (Å²) in [5.41, 5.74) is 0. The lowest BCUT2D eigenvalue weighted by atomic mass is 10.1. The fourth-order valence-electron chi connectivity index (χ4n) is 2.79. The van der Waals surface area contributed by atoms with E-state index >= 15 is 0 Å². The Bertz CT molecular complexity index is 874. The molecular formula is C24H38N4O10. The highest BCUT2D eigenvalue weighted by molar-refractivity contribution is 5.95. The molecule has 14 heteroatoms. The van der Waals surface area contributed by atoms with Gasteiger partial charge < -0.3 is 40.3 Å². The SMILES string of the molecule is C=CCOC(=O)C(CCC(C)=O)NC(=O)C(COC)NC(=O)CNC(=O)C(CC(=O)OC)NC(=O)C(C)C. The molecular weight excluding hydrogens is 504 g/mol. The van der Waals surface area contributed by atoms with Crippen molar-refractivity contribution in [1.82, 2.24) is 21.3 Å². The third-order valence-corrected chi connectivity index (χ3v) is 4.89. The zero-order chi connectivity index (χ0) is 29.3. The van der Waals surface area contributed by atoms with Crippen molar-refractivity contribution in [2.45, 2.75) is 58.2 Å². The first-order chi connectivity index (χ1) is 17.9. The lowest BCUT2D eigenvalue weighted by molar-refractivity contribution is -0.147. The summed E-state index contributed by atoms with van der Waals surface area (Å²) >= 11 is 0. The average molecular weight is 543 g/mol. The van der Waals surface area contributed by atoms with Crippen LogP contribution in [0.15, 0.2) is 12.7 Å². The summed E-state index contributed by atoms with van der Waals surface area (Å²) in [7, 11) is 2.41. The number of nitrogens with one attached hydrogen (secondary N) is 4. The van der Waals surface area contributed by atoms with Gasteiger partial charge in [-0.2, -0.15) is 0 Å². The quantitative estimate of drug-likeness (QED) is 0.117. The van der Waals surface area contributed by atoms with Crippen LogP contribution < -0.4 is 21.3 Å². The lowest BCUT2D eigenvalue weighted by Gasteiger charge is -2.22. The standard InChI is InChI=1S/C24H38N4O10/c1-7-10-38-24(35)16(9-8-15(4)29)27-23(34)18(13-36-5)26-19(30)12-25-22(33)17(11-20(31)37-6)28-21(32)14(2)3/h7,14,16-18H,1,8-13H2,2-6H3,(H,25,33)(H,26,30)(H,27,34)(H,28,32). The highest BCUT2D eigenvalue weighted by atomic mass is 16.5. The number of ether oxygens (including phenoxy) is 3. The number of carbonyl (C=O) groups is 7. The van der Waals surface area contributed by atoms with Gasteiger partial charge in [0.2, 0.25) is 23.6 Å². The highest BCUT2D eigenvalue weighted by Crippen LogP contribution is 2.03. The molecule has 0 saturated carbocycles. The fraction of sp³-hybridized carbons (Fsp3) is 0.625. The summed E-state index contributed by atoms with van der Waals surface area (Å²) in [6.45, 7) is 6.99. The first-order valence-electron chi connectivity index (χ1n) is 11.9.